The normalized spacial score (nSPS) is 30.3. The van der Waals surface area contributed by atoms with E-state index in [1.54, 1.807) is 0 Å². The van der Waals surface area contributed by atoms with E-state index in [0.717, 1.165) is 37.3 Å². The maximum Gasteiger partial charge on any atom is 0.0628 e. The summed E-state index contributed by atoms with van der Waals surface area (Å²) in [7, 11) is 0. The van der Waals surface area contributed by atoms with Gasteiger partial charge in [-0.1, -0.05) is 13.8 Å². The van der Waals surface area contributed by atoms with Crippen molar-refractivity contribution in [1.29, 1.82) is 0 Å². The molecule has 4 unspecified atom stereocenters. The fourth-order valence-corrected chi connectivity index (χ4v) is 2.89. The molecule has 0 aromatic carbocycles. The van der Waals surface area contributed by atoms with Crippen LogP contribution in [0.2, 0.25) is 0 Å². The molecule has 1 aliphatic carbocycles. The molecule has 1 aliphatic rings. The molecule has 4 atom stereocenters. The van der Waals surface area contributed by atoms with Crippen LogP contribution in [-0.2, 0) is 6.42 Å². The van der Waals surface area contributed by atoms with Crippen molar-refractivity contribution in [3.63, 3.8) is 0 Å². The van der Waals surface area contributed by atoms with E-state index in [1.807, 2.05) is 4.68 Å². The molecular formula is C15H26N2O. The van der Waals surface area contributed by atoms with E-state index >= 15 is 0 Å². The summed E-state index contributed by atoms with van der Waals surface area (Å²) in [5.74, 6) is 1.14. The first kappa shape index (κ1) is 13.6. The third kappa shape index (κ3) is 3.14. The number of aliphatic hydroxyl groups excluding tert-OH is 1. The lowest BCUT2D eigenvalue weighted by Gasteiger charge is -2.31. The van der Waals surface area contributed by atoms with Gasteiger partial charge in [0, 0.05) is 12.2 Å². The third-order valence-corrected chi connectivity index (χ3v) is 4.38. The minimum atomic E-state index is -0.130. The van der Waals surface area contributed by atoms with E-state index in [4.69, 9.17) is 0 Å². The van der Waals surface area contributed by atoms with Crippen LogP contribution in [0.4, 0.5) is 0 Å². The van der Waals surface area contributed by atoms with Gasteiger partial charge in [-0.25, -0.2) is 0 Å². The summed E-state index contributed by atoms with van der Waals surface area (Å²) < 4.78 is 2.05. The molecule has 0 amide bonds. The van der Waals surface area contributed by atoms with Crippen LogP contribution in [-0.4, -0.2) is 21.0 Å². The molecule has 0 radical (unpaired) electrons. The van der Waals surface area contributed by atoms with Crippen LogP contribution in [0.5, 0.6) is 0 Å². The lowest BCUT2D eigenvalue weighted by atomic mass is 9.78. The summed E-state index contributed by atoms with van der Waals surface area (Å²) in [6, 6.07) is 2.58. The average Bonchev–Trinajstić information content (AvgIpc) is 2.81. The van der Waals surface area contributed by atoms with Crippen molar-refractivity contribution in [2.45, 2.75) is 65.0 Å². The van der Waals surface area contributed by atoms with Gasteiger partial charge in [0.15, 0.2) is 0 Å². The predicted octanol–water partition coefficient (Wildman–Crippen LogP) is 3.19. The fraction of sp³-hybridized carbons (Fsp3) is 0.800. The molecule has 1 N–H and O–H groups in total. The van der Waals surface area contributed by atoms with E-state index in [2.05, 4.69) is 38.1 Å². The Balaban J connectivity index is 1.98. The molecule has 0 bridgehead atoms. The first-order valence-corrected chi connectivity index (χ1v) is 7.32. The summed E-state index contributed by atoms with van der Waals surface area (Å²) in [6.45, 7) is 6.66. The molecule has 102 valence electrons. The largest absolute Gasteiger partial charge is 0.393 e. The Bertz CT molecular complexity index is 374. The Morgan fingerprint density at radius 3 is 3.00 bits per heavy atom. The topological polar surface area (TPSA) is 38.0 Å². The Morgan fingerprint density at radius 2 is 2.28 bits per heavy atom. The highest BCUT2D eigenvalue weighted by Crippen LogP contribution is 2.31. The number of hydrogen-bond donors (Lipinski definition) is 1. The number of nitrogens with zero attached hydrogens (tertiary/aromatic N) is 2. The molecule has 3 heteroatoms. The molecule has 1 aromatic rings. The van der Waals surface area contributed by atoms with Gasteiger partial charge in [-0.3, -0.25) is 4.68 Å². The van der Waals surface area contributed by atoms with E-state index in [-0.39, 0.29) is 6.10 Å². The van der Waals surface area contributed by atoms with Crippen molar-refractivity contribution in [3.05, 3.63) is 18.0 Å². The van der Waals surface area contributed by atoms with Gasteiger partial charge >= 0.3 is 0 Å². The molecule has 0 spiro atoms. The Hall–Kier alpha value is -0.830. The van der Waals surface area contributed by atoms with Crippen molar-refractivity contribution in [2.24, 2.45) is 11.8 Å². The predicted molar refractivity (Wildman–Crippen MR) is 73.4 cm³/mol. The van der Waals surface area contributed by atoms with Crippen LogP contribution < -0.4 is 0 Å². The van der Waals surface area contributed by atoms with Crippen LogP contribution in [0.25, 0.3) is 0 Å². The molecular weight excluding hydrogens is 224 g/mol. The highest BCUT2D eigenvalue weighted by atomic mass is 16.3. The number of aliphatic hydroxyl groups is 1. The highest BCUT2D eigenvalue weighted by Gasteiger charge is 2.27. The Labute approximate surface area is 110 Å². The summed E-state index contributed by atoms with van der Waals surface area (Å²) in [5.41, 5.74) is 1.13. The minimum absolute atomic E-state index is 0.130. The number of rotatable bonds is 4. The molecule has 1 aromatic heterocycles. The molecule has 0 aliphatic heterocycles. The summed E-state index contributed by atoms with van der Waals surface area (Å²) in [6.07, 6.45) is 7.23. The van der Waals surface area contributed by atoms with Crippen LogP contribution in [0.1, 0.15) is 58.2 Å². The van der Waals surface area contributed by atoms with Crippen molar-refractivity contribution in [1.82, 2.24) is 9.78 Å². The zero-order chi connectivity index (χ0) is 13.1. The molecule has 1 heterocycles. The van der Waals surface area contributed by atoms with Crippen LogP contribution in [0.3, 0.4) is 0 Å². The van der Waals surface area contributed by atoms with E-state index in [0.29, 0.717) is 12.0 Å². The van der Waals surface area contributed by atoms with Crippen molar-refractivity contribution >= 4 is 0 Å². The standard InChI is InChI=1S/C15H26N2O/c1-4-12(3)17-8-7-14(16-17)10-13-9-11(2)5-6-15(13)18/h7-8,11-13,15,18H,4-6,9-10H2,1-3H3. The quantitative estimate of drug-likeness (QED) is 0.891. The van der Waals surface area contributed by atoms with Crippen LogP contribution in [0, 0.1) is 11.8 Å². The second-order valence-electron chi connectivity index (χ2n) is 5.99. The lowest BCUT2D eigenvalue weighted by Crippen LogP contribution is -2.29. The van der Waals surface area contributed by atoms with E-state index < -0.39 is 0 Å². The number of hydrogen-bond acceptors (Lipinski definition) is 2. The van der Waals surface area contributed by atoms with Gasteiger partial charge in [0.25, 0.3) is 0 Å². The summed E-state index contributed by atoms with van der Waals surface area (Å²) in [4.78, 5) is 0. The average molecular weight is 250 g/mol. The minimum Gasteiger partial charge on any atom is -0.393 e. The molecule has 18 heavy (non-hydrogen) atoms. The summed E-state index contributed by atoms with van der Waals surface area (Å²) in [5, 5.41) is 14.7. The maximum atomic E-state index is 10.1. The van der Waals surface area contributed by atoms with Gasteiger partial charge in [0.05, 0.1) is 11.8 Å². The van der Waals surface area contributed by atoms with Gasteiger partial charge in [0.2, 0.25) is 0 Å². The molecule has 3 nitrogen and oxygen atoms in total. The van der Waals surface area contributed by atoms with Crippen molar-refractivity contribution < 1.29 is 5.11 Å². The van der Waals surface area contributed by atoms with Gasteiger partial charge < -0.3 is 5.11 Å². The van der Waals surface area contributed by atoms with Crippen molar-refractivity contribution in [2.75, 3.05) is 0 Å². The first-order valence-electron chi connectivity index (χ1n) is 7.32. The monoisotopic (exact) mass is 250 g/mol. The second kappa shape index (κ2) is 5.87. The Kier molecular flexibility index (Phi) is 4.44. The van der Waals surface area contributed by atoms with Gasteiger partial charge in [-0.05, 0) is 56.9 Å². The molecule has 0 saturated heterocycles. The maximum absolute atomic E-state index is 10.1. The zero-order valence-corrected chi connectivity index (χ0v) is 11.8. The van der Waals surface area contributed by atoms with E-state index in [1.165, 1.54) is 6.42 Å². The van der Waals surface area contributed by atoms with E-state index in [9.17, 15) is 5.11 Å². The highest BCUT2D eigenvalue weighted by molar-refractivity contribution is 5.02. The van der Waals surface area contributed by atoms with Gasteiger partial charge in [-0.15, -0.1) is 0 Å². The lowest BCUT2D eigenvalue weighted by molar-refractivity contribution is 0.0514. The van der Waals surface area contributed by atoms with Gasteiger partial charge in [0.1, 0.15) is 0 Å². The Morgan fingerprint density at radius 1 is 1.50 bits per heavy atom. The third-order valence-electron chi connectivity index (χ3n) is 4.38. The fourth-order valence-electron chi connectivity index (χ4n) is 2.89. The SMILES string of the molecule is CCC(C)n1ccc(CC2CC(C)CCC2O)n1. The second-order valence-corrected chi connectivity index (χ2v) is 5.99. The molecule has 1 fully saturated rings. The smallest absolute Gasteiger partial charge is 0.0628 e. The van der Waals surface area contributed by atoms with Crippen LogP contribution in [0.15, 0.2) is 12.3 Å². The molecule has 1 saturated carbocycles. The zero-order valence-electron chi connectivity index (χ0n) is 11.8. The summed E-state index contributed by atoms with van der Waals surface area (Å²) >= 11 is 0. The number of aromatic nitrogens is 2. The van der Waals surface area contributed by atoms with Crippen LogP contribution >= 0.6 is 0 Å². The van der Waals surface area contributed by atoms with Crippen molar-refractivity contribution in [3.8, 4) is 0 Å². The molecule has 2 rings (SSSR count). The van der Waals surface area contributed by atoms with Gasteiger partial charge in [-0.2, -0.15) is 5.10 Å². The first-order chi connectivity index (χ1) is 8.60.